The number of rotatable bonds is 6. The number of sulfone groups is 1. The van der Waals surface area contributed by atoms with Crippen LogP contribution in [0, 0.1) is 11.7 Å². The Balaban J connectivity index is 1.94. The Morgan fingerprint density at radius 1 is 1.43 bits per heavy atom. The molecule has 1 aliphatic rings. The van der Waals surface area contributed by atoms with Gasteiger partial charge in [-0.25, -0.2) is 17.6 Å². The van der Waals surface area contributed by atoms with Gasteiger partial charge in [0.05, 0.1) is 18.4 Å². The van der Waals surface area contributed by atoms with Crippen molar-refractivity contribution in [3.05, 3.63) is 35.1 Å². The molecule has 0 radical (unpaired) electrons. The zero-order valence-corrected chi connectivity index (χ0v) is 14.2. The molecule has 0 N–H and O–H groups in total. The van der Waals surface area contributed by atoms with Crippen molar-refractivity contribution in [1.82, 2.24) is 4.90 Å². The van der Waals surface area contributed by atoms with Crippen LogP contribution in [-0.2, 0) is 21.0 Å². The summed E-state index contributed by atoms with van der Waals surface area (Å²) < 4.78 is 40.6. The minimum Gasteiger partial charge on any atom is -0.465 e. The van der Waals surface area contributed by atoms with Crippen molar-refractivity contribution in [1.29, 1.82) is 0 Å². The third-order valence-electron chi connectivity index (χ3n) is 4.11. The van der Waals surface area contributed by atoms with E-state index < -0.39 is 21.6 Å². The Kier molecular flexibility index (Phi) is 5.75. The van der Waals surface area contributed by atoms with Gasteiger partial charge in [-0.2, -0.15) is 0 Å². The van der Waals surface area contributed by atoms with Crippen LogP contribution in [0.2, 0.25) is 0 Å². The van der Waals surface area contributed by atoms with E-state index in [4.69, 9.17) is 0 Å². The molecule has 23 heavy (non-hydrogen) atoms. The monoisotopic (exact) mass is 343 g/mol. The van der Waals surface area contributed by atoms with Crippen LogP contribution in [-0.4, -0.2) is 58.0 Å². The lowest BCUT2D eigenvalue weighted by Gasteiger charge is -2.15. The first-order chi connectivity index (χ1) is 10.8. The standard InChI is InChI=1S/C16H22FNO4S/c1-22-16(19)14-10-12(3-4-15(14)17)9-13-5-6-18(11-13)7-8-23(2,20)21/h3-4,10,13H,5-9,11H2,1-2H3. The number of hydrogen-bond donors (Lipinski definition) is 0. The highest BCUT2D eigenvalue weighted by atomic mass is 32.2. The van der Waals surface area contributed by atoms with Gasteiger partial charge in [-0.15, -0.1) is 0 Å². The highest BCUT2D eigenvalue weighted by Gasteiger charge is 2.24. The van der Waals surface area contributed by atoms with E-state index in [2.05, 4.69) is 9.64 Å². The number of hydrogen-bond acceptors (Lipinski definition) is 5. The maximum absolute atomic E-state index is 13.6. The first-order valence-corrected chi connectivity index (χ1v) is 9.61. The largest absolute Gasteiger partial charge is 0.465 e. The number of carbonyl (C=O) groups is 1. The summed E-state index contributed by atoms with van der Waals surface area (Å²) in [7, 11) is -1.72. The Labute approximate surface area is 136 Å². The molecule has 1 fully saturated rings. The van der Waals surface area contributed by atoms with Gasteiger partial charge in [-0.1, -0.05) is 6.07 Å². The molecule has 1 heterocycles. The van der Waals surface area contributed by atoms with E-state index in [0.717, 1.165) is 31.5 Å². The summed E-state index contributed by atoms with van der Waals surface area (Å²) in [4.78, 5) is 13.7. The number of likely N-dealkylation sites (tertiary alicyclic amines) is 1. The topological polar surface area (TPSA) is 63.7 Å². The lowest BCUT2D eigenvalue weighted by Crippen LogP contribution is -2.27. The van der Waals surface area contributed by atoms with Crippen molar-refractivity contribution in [3.63, 3.8) is 0 Å². The number of benzene rings is 1. The van der Waals surface area contributed by atoms with Gasteiger partial charge < -0.3 is 9.64 Å². The van der Waals surface area contributed by atoms with Gasteiger partial charge in [0.2, 0.25) is 0 Å². The Morgan fingerprint density at radius 2 is 2.17 bits per heavy atom. The average Bonchev–Trinajstić information content (AvgIpc) is 2.93. The van der Waals surface area contributed by atoms with E-state index in [0.29, 0.717) is 12.5 Å². The van der Waals surface area contributed by atoms with Crippen LogP contribution >= 0.6 is 0 Å². The van der Waals surface area contributed by atoms with Gasteiger partial charge in [0.25, 0.3) is 0 Å². The van der Waals surface area contributed by atoms with Crippen molar-refractivity contribution < 1.29 is 22.3 Å². The van der Waals surface area contributed by atoms with E-state index in [1.807, 2.05) is 0 Å². The first kappa shape index (κ1) is 17.9. The summed E-state index contributed by atoms with van der Waals surface area (Å²) in [6.07, 6.45) is 2.95. The zero-order valence-electron chi connectivity index (χ0n) is 13.4. The second-order valence-electron chi connectivity index (χ2n) is 6.10. The van der Waals surface area contributed by atoms with Crippen molar-refractivity contribution in [2.24, 2.45) is 5.92 Å². The fourth-order valence-electron chi connectivity index (χ4n) is 2.88. The molecule has 7 heteroatoms. The number of carbonyl (C=O) groups excluding carboxylic acids is 1. The second-order valence-corrected chi connectivity index (χ2v) is 8.35. The number of esters is 1. The number of halogens is 1. The Hall–Kier alpha value is -1.47. The number of nitrogens with zero attached hydrogens (tertiary/aromatic N) is 1. The molecule has 1 atom stereocenters. The van der Waals surface area contributed by atoms with Crippen molar-refractivity contribution in [2.75, 3.05) is 38.8 Å². The van der Waals surface area contributed by atoms with Crippen LogP contribution in [0.5, 0.6) is 0 Å². The molecule has 2 rings (SSSR count). The van der Waals surface area contributed by atoms with Crippen molar-refractivity contribution in [2.45, 2.75) is 12.8 Å². The van der Waals surface area contributed by atoms with Gasteiger partial charge in [0, 0.05) is 19.3 Å². The fourth-order valence-corrected chi connectivity index (χ4v) is 3.47. The van der Waals surface area contributed by atoms with Crippen molar-refractivity contribution >= 4 is 15.8 Å². The normalized spacial score (nSPS) is 19.0. The van der Waals surface area contributed by atoms with E-state index in [1.54, 1.807) is 12.1 Å². The van der Waals surface area contributed by atoms with E-state index >= 15 is 0 Å². The highest BCUT2D eigenvalue weighted by Crippen LogP contribution is 2.22. The van der Waals surface area contributed by atoms with Crippen LogP contribution in [0.3, 0.4) is 0 Å². The molecule has 1 aliphatic heterocycles. The molecular weight excluding hydrogens is 321 g/mol. The molecule has 0 bridgehead atoms. The minimum atomic E-state index is -2.95. The zero-order chi connectivity index (χ0) is 17.0. The molecule has 128 valence electrons. The van der Waals surface area contributed by atoms with Gasteiger partial charge >= 0.3 is 5.97 Å². The van der Waals surface area contributed by atoms with E-state index in [1.165, 1.54) is 19.4 Å². The molecule has 0 spiro atoms. The highest BCUT2D eigenvalue weighted by molar-refractivity contribution is 7.90. The quantitative estimate of drug-likeness (QED) is 0.733. The molecule has 0 amide bonds. The average molecular weight is 343 g/mol. The minimum absolute atomic E-state index is 0.0445. The molecule has 1 saturated heterocycles. The molecule has 1 aromatic rings. The summed E-state index contributed by atoms with van der Waals surface area (Å²) >= 11 is 0. The van der Waals surface area contributed by atoms with Gasteiger partial charge in [0.15, 0.2) is 0 Å². The molecule has 1 unspecified atom stereocenters. The molecule has 0 aliphatic carbocycles. The van der Waals surface area contributed by atoms with Gasteiger partial charge in [-0.3, -0.25) is 0 Å². The van der Waals surface area contributed by atoms with Gasteiger partial charge in [0.1, 0.15) is 15.7 Å². The summed E-state index contributed by atoms with van der Waals surface area (Å²) in [6, 6.07) is 4.51. The first-order valence-electron chi connectivity index (χ1n) is 7.55. The van der Waals surface area contributed by atoms with Crippen LogP contribution in [0.1, 0.15) is 22.3 Å². The summed E-state index contributed by atoms with van der Waals surface area (Å²) in [5, 5.41) is 0. The predicted molar refractivity (Wildman–Crippen MR) is 85.7 cm³/mol. The smallest absolute Gasteiger partial charge is 0.340 e. The Bertz CT molecular complexity index is 675. The second kappa shape index (κ2) is 7.40. The van der Waals surface area contributed by atoms with Crippen LogP contribution in [0.15, 0.2) is 18.2 Å². The maximum atomic E-state index is 13.6. The van der Waals surface area contributed by atoms with Crippen LogP contribution in [0.25, 0.3) is 0 Å². The van der Waals surface area contributed by atoms with E-state index in [-0.39, 0.29) is 11.3 Å². The summed E-state index contributed by atoms with van der Waals surface area (Å²) in [5.74, 6) is -0.708. The molecular formula is C16H22FNO4S. The lowest BCUT2D eigenvalue weighted by molar-refractivity contribution is 0.0595. The Morgan fingerprint density at radius 3 is 2.83 bits per heavy atom. The molecule has 0 saturated carbocycles. The summed E-state index contributed by atoms with van der Waals surface area (Å²) in [6.45, 7) is 2.23. The third kappa shape index (κ3) is 5.28. The van der Waals surface area contributed by atoms with Gasteiger partial charge in [-0.05, 0) is 43.0 Å². The molecule has 1 aromatic carbocycles. The molecule has 5 nitrogen and oxygen atoms in total. The van der Waals surface area contributed by atoms with Crippen molar-refractivity contribution in [3.8, 4) is 0 Å². The van der Waals surface area contributed by atoms with Crippen LogP contribution in [0.4, 0.5) is 4.39 Å². The third-order valence-corrected chi connectivity index (χ3v) is 5.03. The van der Waals surface area contributed by atoms with E-state index in [9.17, 15) is 17.6 Å². The SMILES string of the molecule is COC(=O)c1cc(CC2CCN(CCS(C)(=O)=O)C2)ccc1F. The van der Waals surface area contributed by atoms with Crippen LogP contribution < -0.4 is 0 Å². The predicted octanol–water partition coefficient (Wildman–Crippen LogP) is 1.52. The fraction of sp³-hybridized carbons (Fsp3) is 0.562. The summed E-state index contributed by atoms with van der Waals surface area (Å²) in [5.41, 5.74) is 0.846. The lowest BCUT2D eigenvalue weighted by atomic mass is 9.97. The number of ether oxygens (including phenoxy) is 1. The molecule has 0 aromatic heterocycles. The number of methoxy groups -OCH3 is 1. The maximum Gasteiger partial charge on any atom is 0.340 e.